The summed E-state index contributed by atoms with van der Waals surface area (Å²) in [7, 11) is 0. The molecule has 1 aliphatic carbocycles. The highest BCUT2D eigenvalue weighted by atomic mass is 19.1. The second-order valence-electron chi connectivity index (χ2n) is 7.70. The molecule has 6 N–H and O–H groups in total. The van der Waals surface area contributed by atoms with Crippen LogP contribution in [0.1, 0.15) is 36.0 Å². The lowest BCUT2D eigenvalue weighted by atomic mass is 9.91. The van der Waals surface area contributed by atoms with Gasteiger partial charge in [-0.15, -0.1) is 0 Å². The summed E-state index contributed by atoms with van der Waals surface area (Å²) in [4.78, 5) is 20.7. The second-order valence-corrected chi connectivity index (χ2v) is 7.70. The van der Waals surface area contributed by atoms with E-state index in [4.69, 9.17) is 11.5 Å². The number of nitrogens with zero attached hydrogens (tertiary/aromatic N) is 2. The van der Waals surface area contributed by atoms with E-state index in [1.54, 1.807) is 12.3 Å². The monoisotopic (exact) mass is 420 g/mol. The van der Waals surface area contributed by atoms with Crippen molar-refractivity contribution in [1.82, 2.24) is 9.97 Å². The van der Waals surface area contributed by atoms with Crippen molar-refractivity contribution in [2.24, 2.45) is 11.5 Å². The first-order valence-electron chi connectivity index (χ1n) is 10.3. The Labute approximate surface area is 180 Å². The van der Waals surface area contributed by atoms with Gasteiger partial charge in [0.1, 0.15) is 5.82 Å². The van der Waals surface area contributed by atoms with Crippen LogP contribution in [0.4, 0.5) is 21.7 Å². The highest BCUT2D eigenvalue weighted by molar-refractivity contribution is 5.98. The van der Waals surface area contributed by atoms with Crippen molar-refractivity contribution in [2.45, 2.75) is 37.8 Å². The fraction of sp³-hybridized carbons (Fsp3) is 0.261. The van der Waals surface area contributed by atoms with E-state index >= 15 is 0 Å². The SMILES string of the molecule is NC(=O)c1cc(F)c(N[C@@H]2CCCC[C@@H]2N)nc1Nc1ccnc(-c2ccccc2)c1. The molecule has 0 aliphatic heterocycles. The molecule has 2 aromatic heterocycles. The van der Waals surface area contributed by atoms with Crippen molar-refractivity contribution in [1.29, 1.82) is 0 Å². The Bertz CT molecular complexity index is 1070. The maximum atomic E-state index is 14.7. The van der Waals surface area contributed by atoms with Crippen LogP contribution in [0.5, 0.6) is 0 Å². The first-order valence-corrected chi connectivity index (χ1v) is 10.3. The molecule has 1 saturated carbocycles. The van der Waals surface area contributed by atoms with Crippen LogP contribution in [-0.2, 0) is 0 Å². The molecule has 1 aliphatic rings. The molecule has 2 heterocycles. The summed E-state index contributed by atoms with van der Waals surface area (Å²) in [5.74, 6) is -1.19. The summed E-state index contributed by atoms with van der Waals surface area (Å²) in [6.45, 7) is 0. The molecule has 31 heavy (non-hydrogen) atoms. The van der Waals surface area contributed by atoms with E-state index in [-0.39, 0.29) is 29.3 Å². The predicted octanol–water partition coefficient (Wildman–Crippen LogP) is 3.81. The van der Waals surface area contributed by atoms with Gasteiger partial charge in [0.15, 0.2) is 11.6 Å². The van der Waals surface area contributed by atoms with Crippen molar-refractivity contribution in [3.05, 3.63) is 66.1 Å². The Balaban J connectivity index is 1.64. The van der Waals surface area contributed by atoms with E-state index in [0.29, 0.717) is 5.69 Å². The lowest BCUT2D eigenvalue weighted by Gasteiger charge is -2.30. The summed E-state index contributed by atoms with van der Waals surface area (Å²) < 4.78 is 14.7. The normalized spacial score (nSPS) is 18.4. The topological polar surface area (TPSA) is 119 Å². The largest absolute Gasteiger partial charge is 0.365 e. The van der Waals surface area contributed by atoms with Gasteiger partial charge in [-0.1, -0.05) is 43.2 Å². The molecule has 0 saturated heterocycles. The van der Waals surface area contributed by atoms with Gasteiger partial charge in [0, 0.05) is 29.5 Å². The molecule has 1 fully saturated rings. The van der Waals surface area contributed by atoms with E-state index in [1.807, 2.05) is 36.4 Å². The van der Waals surface area contributed by atoms with Crippen molar-refractivity contribution in [2.75, 3.05) is 10.6 Å². The molecule has 0 bridgehead atoms. The third kappa shape index (κ3) is 4.80. The molecular weight excluding hydrogens is 395 g/mol. The van der Waals surface area contributed by atoms with Crippen LogP contribution >= 0.6 is 0 Å². The number of anilines is 3. The van der Waals surface area contributed by atoms with Crippen LogP contribution < -0.4 is 22.1 Å². The van der Waals surface area contributed by atoms with E-state index in [1.165, 1.54) is 0 Å². The molecule has 0 radical (unpaired) electrons. The van der Waals surface area contributed by atoms with Gasteiger partial charge in [0.05, 0.1) is 11.3 Å². The zero-order valence-corrected chi connectivity index (χ0v) is 17.0. The third-order valence-corrected chi connectivity index (χ3v) is 5.48. The van der Waals surface area contributed by atoms with Gasteiger partial charge in [0.2, 0.25) is 0 Å². The highest BCUT2D eigenvalue weighted by Crippen LogP contribution is 2.28. The number of halogens is 1. The number of carbonyl (C=O) groups excluding carboxylic acids is 1. The van der Waals surface area contributed by atoms with Gasteiger partial charge in [-0.3, -0.25) is 9.78 Å². The van der Waals surface area contributed by atoms with Crippen LogP contribution in [0.25, 0.3) is 11.3 Å². The van der Waals surface area contributed by atoms with Gasteiger partial charge in [-0.25, -0.2) is 9.37 Å². The average molecular weight is 420 g/mol. The lowest BCUT2D eigenvalue weighted by Crippen LogP contribution is -2.43. The third-order valence-electron chi connectivity index (χ3n) is 5.48. The smallest absolute Gasteiger partial charge is 0.252 e. The van der Waals surface area contributed by atoms with Gasteiger partial charge < -0.3 is 22.1 Å². The second kappa shape index (κ2) is 9.09. The minimum Gasteiger partial charge on any atom is -0.365 e. The minimum absolute atomic E-state index is 0.0333. The minimum atomic E-state index is -0.771. The van der Waals surface area contributed by atoms with Gasteiger partial charge >= 0.3 is 0 Å². The number of pyridine rings is 2. The summed E-state index contributed by atoms with van der Waals surface area (Å²) in [5, 5.41) is 6.20. The first kappa shape index (κ1) is 20.7. The predicted molar refractivity (Wildman–Crippen MR) is 120 cm³/mol. The number of aromatic nitrogens is 2. The molecule has 160 valence electrons. The number of nitrogens with two attached hydrogens (primary N) is 2. The zero-order valence-electron chi connectivity index (χ0n) is 17.0. The van der Waals surface area contributed by atoms with Crippen LogP contribution in [-0.4, -0.2) is 28.0 Å². The summed E-state index contributed by atoms with van der Waals surface area (Å²) in [6.07, 6.45) is 5.46. The molecule has 7 nitrogen and oxygen atoms in total. The van der Waals surface area contributed by atoms with Crippen LogP contribution in [0.15, 0.2) is 54.7 Å². The fourth-order valence-electron chi connectivity index (χ4n) is 3.80. The Kier molecular flexibility index (Phi) is 6.08. The highest BCUT2D eigenvalue weighted by Gasteiger charge is 2.24. The van der Waals surface area contributed by atoms with Crippen LogP contribution in [0.2, 0.25) is 0 Å². The van der Waals surface area contributed by atoms with E-state index in [0.717, 1.165) is 43.0 Å². The molecule has 4 rings (SSSR count). The Hall–Kier alpha value is -3.52. The van der Waals surface area contributed by atoms with E-state index in [9.17, 15) is 9.18 Å². The molecule has 1 amide bonds. The molecule has 0 unspecified atom stereocenters. The molecule has 0 spiro atoms. The average Bonchev–Trinajstić information content (AvgIpc) is 2.78. The van der Waals surface area contributed by atoms with Crippen molar-refractivity contribution in [3.8, 4) is 11.3 Å². The number of rotatable bonds is 6. The van der Waals surface area contributed by atoms with Crippen LogP contribution in [0, 0.1) is 5.82 Å². The van der Waals surface area contributed by atoms with Gasteiger partial charge in [-0.05, 0) is 31.0 Å². The number of amides is 1. The standard InChI is InChI=1S/C23H25FN6O/c24-17-13-16(21(26)31)22(30-23(17)29-19-9-5-4-8-18(19)25)28-15-10-11-27-20(12-15)14-6-2-1-3-7-14/h1-3,6-7,10-13,18-19H,4-5,8-9,25H2,(H2,26,31)(H2,27,28,29,30)/t18-,19+/m0/s1. The molecule has 1 aromatic carbocycles. The van der Waals surface area contributed by atoms with Crippen molar-refractivity contribution in [3.63, 3.8) is 0 Å². The Morgan fingerprint density at radius 3 is 2.58 bits per heavy atom. The lowest BCUT2D eigenvalue weighted by molar-refractivity contribution is 0.100. The number of hydrogen-bond acceptors (Lipinski definition) is 6. The maximum Gasteiger partial charge on any atom is 0.252 e. The number of nitrogens with one attached hydrogen (secondary N) is 2. The zero-order chi connectivity index (χ0) is 21.8. The van der Waals surface area contributed by atoms with Gasteiger partial charge in [0.25, 0.3) is 5.91 Å². The molecule has 8 heteroatoms. The summed E-state index contributed by atoms with van der Waals surface area (Å²) in [6, 6.07) is 14.2. The maximum absolute atomic E-state index is 14.7. The van der Waals surface area contributed by atoms with Gasteiger partial charge in [-0.2, -0.15) is 0 Å². The van der Waals surface area contributed by atoms with Crippen molar-refractivity contribution < 1.29 is 9.18 Å². The van der Waals surface area contributed by atoms with E-state index in [2.05, 4.69) is 20.6 Å². The number of carbonyl (C=O) groups is 1. The fourth-order valence-corrected chi connectivity index (χ4v) is 3.80. The molecule has 2 atom stereocenters. The Morgan fingerprint density at radius 1 is 1.06 bits per heavy atom. The van der Waals surface area contributed by atoms with Crippen molar-refractivity contribution >= 4 is 23.2 Å². The van der Waals surface area contributed by atoms with E-state index < -0.39 is 11.7 Å². The number of primary amides is 1. The van der Waals surface area contributed by atoms with Crippen LogP contribution in [0.3, 0.4) is 0 Å². The molecule has 3 aromatic rings. The first-order chi connectivity index (χ1) is 15.0. The summed E-state index contributed by atoms with van der Waals surface area (Å²) in [5.41, 5.74) is 14.0. The molecular formula is C23H25FN6O. The summed E-state index contributed by atoms with van der Waals surface area (Å²) >= 11 is 0. The quantitative estimate of drug-likeness (QED) is 0.482. The Morgan fingerprint density at radius 2 is 1.84 bits per heavy atom. The number of benzene rings is 1. The number of hydrogen-bond donors (Lipinski definition) is 4.